The van der Waals surface area contributed by atoms with Gasteiger partial charge < -0.3 is 9.47 Å². The van der Waals surface area contributed by atoms with E-state index in [1.165, 1.54) is 7.11 Å². The first-order valence-electron chi connectivity index (χ1n) is 7.24. The second kappa shape index (κ2) is 4.74. The van der Waals surface area contributed by atoms with Gasteiger partial charge in [0, 0.05) is 11.5 Å². The largest absolute Gasteiger partial charge is 0.495 e. The van der Waals surface area contributed by atoms with Gasteiger partial charge in [-0.25, -0.2) is 8.42 Å². The van der Waals surface area contributed by atoms with Crippen molar-refractivity contribution in [3.05, 3.63) is 53.6 Å². The molecule has 2 aromatic carbocycles. The SMILES string of the molecule is COc1ccc2c(c1S(=O)(=O)Cc1ccccc1)OC1CC21. The van der Waals surface area contributed by atoms with Crippen LogP contribution in [0, 0.1) is 0 Å². The molecule has 5 heteroatoms. The minimum Gasteiger partial charge on any atom is -0.495 e. The van der Waals surface area contributed by atoms with Crippen molar-refractivity contribution < 1.29 is 17.9 Å². The van der Waals surface area contributed by atoms with Crippen molar-refractivity contribution in [2.45, 2.75) is 29.1 Å². The molecule has 0 radical (unpaired) electrons. The average Bonchev–Trinajstić information content (AvgIpc) is 3.18. The number of fused-ring (bicyclic) bond motifs is 3. The number of ether oxygens (including phenoxy) is 2. The lowest BCUT2D eigenvalue weighted by atomic mass is 10.1. The number of hydrogen-bond acceptors (Lipinski definition) is 4. The molecular weight excluding hydrogens is 300 g/mol. The van der Waals surface area contributed by atoms with Crippen LogP contribution in [-0.4, -0.2) is 21.6 Å². The highest BCUT2D eigenvalue weighted by Crippen LogP contribution is 2.57. The molecule has 1 saturated carbocycles. The summed E-state index contributed by atoms with van der Waals surface area (Å²) in [4.78, 5) is 0.198. The summed E-state index contributed by atoms with van der Waals surface area (Å²) in [6.45, 7) is 0. The first-order valence-corrected chi connectivity index (χ1v) is 8.89. The molecule has 1 aliphatic heterocycles. The topological polar surface area (TPSA) is 52.6 Å². The normalized spacial score (nSPS) is 21.7. The highest BCUT2D eigenvalue weighted by molar-refractivity contribution is 7.90. The van der Waals surface area contributed by atoms with Gasteiger partial charge in [-0.3, -0.25) is 0 Å². The monoisotopic (exact) mass is 316 g/mol. The smallest absolute Gasteiger partial charge is 0.189 e. The Morgan fingerprint density at radius 2 is 1.95 bits per heavy atom. The first kappa shape index (κ1) is 13.6. The van der Waals surface area contributed by atoms with E-state index in [2.05, 4.69) is 0 Å². The molecule has 0 bridgehead atoms. The molecule has 2 aromatic rings. The van der Waals surface area contributed by atoms with Gasteiger partial charge in [0.1, 0.15) is 17.6 Å². The molecule has 0 saturated heterocycles. The van der Waals surface area contributed by atoms with Crippen molar-refractivity contribution >= 4 is 9.84 Å². The van der Waals surface area contributed by atoms with Crippen LogP contribution in [0.1, 0.15) is 23.5 Å². The van der Waals surface area contributed by atoms with Gasteiger partial charge in [-0.15, -0.1) is 0 Å². The molecule has 4 nitrogen and oxygen atoms in total. The summed E-state index contributed by atoms with van der Waals surface area (Å²) in [5.74, 6) is 1.15. The Balaban J connectivity index is 1.81. The van der Waals surface area contributed by atoms with Crippen LogP contribution in [0.15, 0.2) is 47.4 Å². The highest BCUT2D eigenvalue weighted by Gasteiger charge is 2.50. The van der Waals surface area contributed by atoms with E-state index < -0.39 is 9.84 Å². The third kappa shape index (κ3) is 2.08. The zero-order valence-electron chi connectivity index (χ0n) is 12.2. The summed E-state index contributed by atoms with van der Waals surface area (Å²) < 4.78 is 36.9. The van der Waals surface area contributed by atoms with E-state index in [4.69, 9.17) is 9.47 Å². The van der Waals surface area contributed by atoms with Gasteiger partial charge >= 0.3 is 0 Å². The summed E-state index contributed by atoms with van der Waals surface area (Å²) in [6.07, 6.45) is 1.13. The zero-order chi connectivity index (χ0) is 15.3. The van der Waals surface area contributed by atoms with E-state index in [0.29, 0.717) is 17.4 Å². The Bertz CT molecular complexity index is 827. The molecule has 0 spiro atoms. The second-order valence-corrected chi connectivity index (χ2v) is 7.68. The van der Waals surface area contributed by atoms with Crippen molar-refractivity contribution in [2.24, 2.45) is 0 Å². The van der Waals surface area contributed by atoms with E-state index in [0.717, 1.165) is 17.5 Å². The van der Waals surface area contributed by atoms with E-state index in [-0.39, 0.29) is 16.8 Å². The fourth-order valence-corrected chi connectivity index (χ4v) is 4.76. The lowest BCUT2D eigenvalue weighted by Crippen LogP contribution is -2.09. The molecule has 4 rings (SSSR count). The predicted octanol–water partition coefficient (Wildman–Crippen LogP) is 2.92. The molecule has 0 N–H and O–H groups in total. The van der Waals surface area contributed by atoms with E-state index >= 15 is 0 Å². The average molecular weight is 316 g/mol. The molecule has 0 amide bonds. The van der Waals surface area contributed by atoms with Crippen LogP contribution in [0.2, 0.25) is 0 Å². The van der Waals surface area contributed by atoms with Crippen LogP contribution in [0.3, 0.4) is 0 Å². The number of sulfone groups is 1. The summed E-state index contributed by atoms with van der Waals surface area (Å²) in [5, 5.41) is 0. The van der Waals surface area contributed by atoms with Crippen LogP contribution < -0.4 is 9.47 Å². The van der Waals surface area contributed by atoms with Gasteiger partial charge in [0.2, 0.25) is 0 Å². The molecule has 22 heavy (non-hydrogen) atoms. The summed E-state index contributed by atoms with van der Waals surface area (Å²) >= 11 is 0. The number of benzene rings is 2. The molecular formula is C17H16O4S. The van der Waals surface area contributed by atoms with Gasteiger partial charge in [-0.1, -0.05) is 36.4 Å². The van der Waals surface area contributed by atoms with E-state index in [1.807, 2.05) is 36.4 Å². The van der Waals surface area contributed by atoms with Crippen molar-refractivity contribution in [3.63, 3.8) is 0 Å². The van der Waals surface area contributed by atoms with Crippen LogP contribution in [0.5, 0.6) is 11.5 Å². The summed E-state index contributed by atoms with van der Waals surface area (Å²) in [6, 6.07) is 12.8. The summed E-state index contributed by atoms with van der Waals surface area (Å²) in [5.41, 5.74) is 1.75. The van der Waals surface area contributed by atoms with Crippen molar-refractivity contribution in [3.8, 4) is 11.5 Å². The van der Waals surface area contributed by atoms with E-state index in [9.17, 15) is 8.42 Å². The van der Waals surface area contributed by atoms with Crippen LogP contribution in [-0.2, 0) is 15.6 Å². The molecule has 1 heterocycles. The lowest BCUT2D eigenvalue weighted by molar-refractivity contribution is 0.305. The van der Waals surface area contributed by atoms with Gasteiger partial charge in [0.05, 0.1) is 12.9 Å². The Morgan fingerprint density at radius 1 is 1.18 bits per heavy atom. The third-order valence-corrected chi connectivity index (χ3v) is 5.96. The number of rotatable bonds is 4. The molecule has 2 atom stereocenters. The van der Waals surface area contributed by atoms with Gasteiger partial charge in [-0.2, -0.15) is 0 Å². The molecule has 1 aliphatic carbocycles. The predicted molar refractivity (Wildman–Crippen MR) is 82.1 cm³/mol. The van der Waals surface area contributed by atoms with Gasteiger partial charge in [-0.05, 0) is 18.1 Å². The highest BCUT2D eigenvalue weighted by atomic mass is 32.2. The molecule has 0 aromatic heterocycles. The van der Waals surface area contributed by atoms with Crippen molar-refractivity contribution in [1.29, 1.82) is 0 Å². The maximum atomic E-state index is 12.9. The maximum Gasteiger partial charge on any atom is 0.189 e. The van der Waals surface area contributed by atoms with Crippen LogP contribution >= 0.6 is 0 Å². The number of methoxy groups -OCH3 is 1. The maximum absolute atomic E-state index is 12.9. The Kier molecular flexibility index (Phi) is 2.94. The van der Waals surface area contributed by atoms with Crippen molar-refractivity contribution in [1.82, 2.24) is 0 Å². The fraction of sp³-hybridized carbons (Fsp3) is 0.294. The minimum absolute atomic E-state index is 0.0562. The first-order chi connectivity index (χ1) is 10.6. The Morgan fingerprint density at radius 3 is 2.68 bits per heavy atom. The number of hydrogen-bond donors (Lipinski definition) is 0. The Labute approximate surface area is 129 Å². The van der Waals surface area contributed by atoms with Gasteiger partial charge in [0.15, 0.2) is 14.7 Å². The van der Waals surface area contributed by atoms with E-state index in [1.54, 1.807) is 6.07 Å². The molecule has 2 aliphatic rings. The standard InChI is InChI=1S/C17H16O4S/c1-20-14-8-7-12-13-9-15(13)21-16(12)17(14)22(18,19)10-11-5-3-2-4-6-11/h2-8,13,15H,9-10H2,1H3. The van der Waals surface area contributed by atoms with Crippen LogP contribution in [0.25, 0.3) is 0 Å². The molecule has 2 unspecified atom stereocenters. The van der Waals surface area contributed by atoms with Crippen LogP contribution in [0.4, 0.5) is 0 Å². The van der Waals surface area contributed by atoms with Gasteiger partial charge in [0.25, 0.3) is 0 Å². The second-order valence-electron chi connectivity index (χ2n) is 5.76. The lowest BCUT2D eigenvalue weighted by Gasteiger charge is -2.15. The minimum atomic E-state index is -3.53. The Hall–Kier alpha value is -2.01. The zero-order valence-corrected chi connectivity index (χ0v) is 13.0. The third-order valence-electron chi connectivity index (χ3n) is 4.24. The molecule has 114 valence electrons. The van der Waals surface area contributed by atoms with Crippen molar-refractivity contribution in [2.75, 3.05) is 7.11 Å². The fourth-order valence-electron chi connectivity index (χ4n) is 3.07. The quantitative estimate of drug-likeness (QED) is 0.870. The molecule has 1 fully saturated rings. The summed E-state index contributed by atoms with van der Waals surface area (Å²) in [7, 11) is -2.05.